The van der Waals surface area contributed by atoms with Crippen LogP contribution in [-0.4, -0.2) is 26.2 Å². The van der Waals surface area contributed by atoms with E-state index in [1.165, 1.54) is 18.9 Å². The van der Waals surface area contributed by atoms with E-state index in [1.54, 1.807) is 12.1 Å². The van der Waals surface area contributed by atoms with Gasteiger partial charge < -0.3 is 10.2 Å². The molecule has 1 aliphatic heterocycles. The van der Waals surface area contributed by atoms with Crippen LogP contribution in [0.2, 0.25) is 0 Å². The Morgan fingerprint density at radius 3 is 3.00 bits per heavy atom. The van der Waals surface area contributed by atoms with E-state index < -0.39 is 0 Å². The van der Waals surface area contributed by atoms with Gasteiger partial charge in [-0.05, 0) is 43.5 Å². The van der Waals surface area contributed by atoms with Gasteiger partial charge in [0.05, 0.1) is 0 Å². The maximum atomic E-state index is 13.1. The Labute approximate surface area is 103 Å². The smallest absolute Gasteiger partial charge is 0.125 e. The molecular formula is C14H21FN2. The second-order valence-electron chi connectivity index (χ2n) is 5.14. The standard InChI is InChI=1S/C14H21FN2/c1-11-6-7-16-13(8-11)10-17(2)14-5-3-4-12(15)9-14/h3-5,9,11,13,16H,6-8,10H2,1-2H3. The number of likely N-dealkylation sites (N-methyl/N-ethyl adjacent to an activating group) is 1. The van der Waals surface area contributed by atoms with Gasteiger partial charge in [-0.15, -0.1) is 0 Å². The molecule has 0 aromatic heterocycles. The van der Waals surface area contributed by atoms with Gasteiger partial charge in [0.15, 0.2) is 0 Å². The topological polar surface area (TPSA) is 15.3 Å². The molecule has 3 heteroatoms. The molecule has 2 unspecified atom stereocenters. The molecule has 0 radical (unpaired) electrons. The fourth-order valence-corrected chi connectivity index (χ4v) is 2.51. The van der Waals surface area contributed by atoms with E-state index in [-0.39, 0.29) is 5.82 Å². The Kier molecular flexibility index (Phi) is 4.00. The first kappa shape index (κ1) is 12.4. The normalized spacial score (nSPS) is 24.6. The second kappa shape index (κ2) is 5.50. The molecule has 1 aromatic rings. The lowest BCUT2D eigenvalue weighted by Crippen LogP contribution is -2.44. The summed E-state index contributed by atoms with van der Waals surface area (Å²) in [6.07, 6.45) is 2.47. The van der Waals surface area contributed by atoms with Crippen molar-refractivity contribution in [2.75, 3.05) is 25.0 Å². The molecule has 0 amide bonds. The van der Waals surface area contributed by atoms with E-state index in [2.05, 4.69) is 17.1 Å². The number of halogens is 1. The lowest BCUT2D eigenvalue weighted by Gasteiger charge is -2.32. The van der Waals surface area contributed by atoms with Crippen molar-refractivity contribution in [3.05, 3.63) is 30.1 Å². The van der Waals surface area contributed by atoms with Gasteiger partial charge in [-0.1, -0.05) is 13.0 Å². The molecule has 17 heavy (non-hydrogen) atoms. The van der Waals surface area contributed by atoms with Crippen LogP contribution in [0.5, 0.6) is 0 Å². The zero-order chi connectivity index (χ0) is 12.3. The van der Waals surface area contributed by atoms with Crippen LogP contribution in [0.1, 0.15) is 19.8 Å². The number of piperidine rings is 1. The second-order valence-corrected chi connectivity index (χ2v) is 5.14. The van der Waals surface area contributed by atoms with E-state index in [0.717, 1.165) is 24.7 Å². The van der Waals surface area contributed by atoms with Gasteiger partial charge in [0.1, 0.15) is 5.82 Å². The van der Waals surface area contributed by atoms with E-state index in [0.29, 0.717) is 6.04 Å². The van der Waals surface area contributed by atoms with Crippen molar-refractivity contribution in [1.82, 2.24) is 5.32 Å². The molecule has 94 valence electrons. The summed E-state index contributed by atoms with van der Waals surface area (Å²) in [5.74, 6) is 0.626. The van der Waals surface area contributed by atoms with Gasteiger partial charge in [0, 0.05) is 25.3 Å². The van der Waals surface area contributed by atoms with Crippen LogP contribution in [0.25, 0.3) is 0 Å². The van der Waals surface area contributed by atoms with Crippen molar-refractivity contribution < 1.29 is 4.39 Å². The Balaban J connectivity index is 1.94. The van der Waals surface area contributed by atoms with Gasteiger partial charge in [-0.25, -0.2) is 4.39 Å². The molecule has 2 rings (SSSR count). The summed E-state index contributed by atoms with van der Waals surface area (Å²) >= 11 is 0. The average Bonchev–Trinajstić information content (AvgIpc) is 2.29. The van der Waals surface area contributed by atoms with E-state index >= 15 is 0 Å². The van der Waals surface area contributed by atoms with E-state index in [9.17, 15) is 4.39 Å². The summed E-state index contributed by atoms with van der Waals surface area (Å²) in [7, 11) is 2.02. The van der Waals surface area contributed by atoms with Crippen molar-refractivity contribution in [3.8, 4) is 0 Å². The molecule has 1 heterocycles. The molecule has 0 aliphatic carbocycles. The van der Waals surface area contributed by atoms with Crippen molar-refractivity contribution in [2.45, 2.75) is 25.8 Å². The van der Waals surface area contributed by atoms with Crippen LogP contribution < -0.4 is 10.2 Å². The van der Waals surface area contributed by atoms with Crippen LogP contribution in [0.3, 0.4) is 0 Å². The van der Waals surface area contributed by atoms with Crippen LogP contribution in [0, 0.1) is 11.7 Å². The molecule has 0 spiro atoms. The predicted octanol–water partition coefficient (Wildman–Crippen LogP) is 2.65. The first-order chi connectivity index (χ1) is 8.15. The summed E-state index contributed by atoms with van der Waals surface area (Å²) in [5.41, 5.74) is 0.949. The third kappa shape index (κ3) is 3.43. The quantitative estimate of drug-likeness (QED) is 0.868. The lowest BCUT2D eigenvalue weighted by molar-refractivity contribution is 0.322. The average molecular weight is 236 g/mol. The van der Waals surface area contributed by atoms with Gasteiger partial charge in [-0.3, -0.25) is 0 Å². The minimum atomic E-state index is -0.167. The van der Waals surface area contributed by atoms with Crippen molar-refractivity contribution >= 4 is 5.69 Å². The first-order valence-corrected chi connectivity index (χ1v) is 6.35. The number of nitrogens with zero attached hydrogens (tertiary/aromatic N) is 1. The molecule has 1 aliphatic rings. The molecule has 1 fully saturated rings. The monoisotopic (exact) mass is 236 g/mol. The molecular weight excluding hydrogens is 215 g/mol. The number of hydrogen-bond acceptors (Lipinski definition) is 2. The van der Waals surface area contributed by atoms with Gasteiger partial charge in [0.25, 0.3) is 0 Å². The Morgan fingerprint density at radius 1 is 1.47 bits per heavy atom. The van der Waals surface area contributed by atoms with Gasteiger partial charge in [0.2, 0.25) is 0 Å². The lowest BCUT2D eigenvalue weighted by atomic mass is 9.94. The van der Waals surface area contributed by atoms with Gasteiger partial charge in [-0.2, -0.15) is 0 Å². The highest BCUT2D eigenvalue weighted by Gasteiger charge is 2.19. The molecule has 2 atom stereocenters. The first-order valence-electron chi connectivity index (χ1n) is 6.35. The van der Waals surface area contributed by atoms with Crippen LogP contribution in [0.15, 0.2) is 24.3 Å². The van der Waals surface area contributed by atoms with Gasteiger partial charge >= 0.3 is 0 Å². The van der Waals surface area contributed by atoms with E-state index in [4.69, 9.17) is 0 Å². The summed E-state index contributed by atoms with van der Waals surface area (Å²) in [4.78, 5) is 2.12. The van der Waals surface area contributed by atoms with Crippen LogP contribution in [0.4, 0.5) is 10.1 Å². The molecule has 1 aromatic carbocycles. The summed E-state index contributed by atoms with van der Waals surface area (Å²) in [5, 5.41) is 3.53. The maximum absolute atomic E-state index is 13.1. The van der Waals surface area contributed by atoms with Crippen molar-refractivity contribution in [1.29, 1.82) is 0 Å². The summed E-state index contributed by atoms with van der Waals surface area (Å²) in [6, 6.07) is 7.31. The maximum Gasteiger partial charge on any atom is 0.125 e. The fraction of sp³-hybridized carbons (Fsp3) is 0.571. The number of anilines is 1. The minimum absolute atomic E-state index is 0.167. The zero-order valence-corrected chi connectivity index (χ0v) is 10.6. The number of benzene rings is 1. The molecule has 0 bridgehead atoms. The number of rotatable bonds is 3. The van der Waals surface area contributed by atoms with Crippen molar-refractivity contribution in [3.63, 3.8) is 0 Å². The molecule has 2 nitrogen and oxygen atoms in total. The third-order valence-electron chi connectivity index (χ3n) is 3.50. The number of hydrogen-bond donors (Lipinski definition) is 1. The number of nitrogens with one attached hydrogen (secondary N) is 1. The highest BCUT2D eigenvalue weighted by molar-refractivity contribution is 5.45. The molecule has 1 N–H and O–H groups in total. The highest BCUT2D eigenvalue weighted by atomic mass is 19.1. The molecule has 0 saturated carbocycles. The minimum Gasteiger partial charge on any atom is -0.373 e. The molecule has 1 saturated heterocycles. The Hall–Kier alpha value is -1.09. The SMILES string of the molecule is CC1CCNC(CN(C)c2cccc(F)c2)C1. The van der Waals surface area contributed by atoms with Crippen molar-refractivity contribution in [2.24, 2.45) is 5.92 Å². The third-order valence-corrected chi connectivity index (χ3v) is 3.50. The van der Waals surface area contributed by atoms with E-state index in [1.807, 2.05) is 13.1 Å². The fourth-order valence-electron chi connectivity index (χ4n) is 2.51. The Morgan fingerprint density at radius 2 is 2.29 bits per heavy atom. The summed E-state index contributed by atoms with van der Waals surface area (Å²) in [6.45, 7) is 4.34. The predicted molar refractivity (Wildman–Crippen MR) is 69.9 cm³/mol. The van der Waals surface area contributed by atoms with Crippen LogP contribution in [-0.2, 0) is 0 Å². The Bertz CT molecular complexity index is 367. The zero-order valence-electron chi connectivity index (χ0n) is 10.6. The largest absolute Gasteiger partial charge is 0.373 e. The summed E-state index contributed by atoms with van der Waals surface area (Å²) < 4.78 is 13.1. The highest BCUT2D eigenvalue weighted by Crippen LogP contribution is 2.19. The van der Waals surface area contributed by atoms with Crippen LogP contribution >= 0.6 is 0 Å².